The number of amides is 1. The van der Waals surface area contributed by atoms with E-state index in [1.54, 1.807) is 0 Å². The van der Waals surface area contributed by atoms with E-state index in [1.807, 2.05) is 0 Å². The number of halogens is 5. The van der Waals surface area contributed by atoms with E-state index in [1.165, 1.54) is 14.0 Å². The number of ether oxygens (including phenoxy) is 1. The summed E-state index contributed by atoms with van der Waals surface area (Å²) in [6.07, 6.45) is 0.443. The van der Waals surface area contributed by atoms with Crippen LogP contribution >= 0.6 is 0 Å². The van der Waals surface area contributed by atoms with Crippen molar-refractivity contribution in [2.24, 2.45) is 0 Å². The molecule has 184 valence electrons. The predicted molar refractivity (Wildman–Crippen MR) is 117 cm³/mol. The molecule has 0 spiro atoms. The molecule has 1 aromatic carbocycles. The number of rotatable bonds is 5. The highest BCUT2D eigenvalue weighted by Crippen LogP contribution is 2.44. The molecule has 4 rings (SSSR count). The highest BCUT2D eigenvalue weighted by atomic mass is 19.3. The summed E-state index contributed by atoms with van der Waals surface area (Å²) in [5.74, 6) is -6.69. The van der Waals surface area contributed by atoms with E-state index in [4.69, 9.17) is 4.74 Å². The molecule has 3 aromatic rings. The lowest BCUT2D eigenvalue weighted by Gasteiger charge is -2.29. The Labute approximate surface area is 197 Å². The van der Waals surface area contributed by atoms with Crippen LogP contribution in [0.5, 0.6) is 5.88 Å². The number of carbonyl (C=O) groups excluding carboxylic acids is 1. The predicted octanol–water partition coefficient (Wildman–Crippen LogP) is 5.82. The SMILES string of the molecule is COc1ncc(C(=O)Nc2c(-c3cc(F)ccc3F)nc(C)nc2C2CCC(F)(F)CC2)cc1F. The first-order valence-electron chi connectivity index (χ1n) is 10.8. The van der Waals surface area contributed by atoms with Crippen molar-refractivity contribution in [1.82, 2.24) is 15.0 Å². The summed E-state index contributed by atoms with van der Waals surface area (Å²) >= 11 is 0. The van der Waals surface area contributed by atoms with Crippen molar-refractivity contribution >= 4 is 11.6 Å². The Bertz CT molecular complexity index is 1280. The molecule has 1 fully saturated rings. The molecule has 1 aliphatic carbocycles. The number of methoxy groups -OCH3 is 1. The van der Waals surface area contributed by atoms with Crippen LogP contribution in [0.1, 0.15) is 53.5 Å². The van der Waals surface area contributed by atoms with Crippen LogP contribution < -0.4 is 10.1 Å². The Balaban J connectivity index is 1.83. The van der Waals surface area contributed by atoms with Gasteiger partial charge in [-0.1, -0.05) is 0 Å². The third kappa shape index (κ3) is 5.23. The summed E-state index contributed by atoms with van der Waals surface area (Å²) in [4.78, 5) is 25.4. The largest absolute Gasteiger partial charge is 0.479 e. The number of carbonyl (C=O) groups is 1. The number of pyridine rings is 1. The highest BCUT2D eigenvalue weighted by Gasteiger charge is 2.37. The standard InChI is InChI=1S/C24H21F5N4O2/c1-12-31-19(13-5-7-24(28,29)8-6-13)21(20(32-12)16-10-15(25)3-4-17(16)26)33-22(34)14-9-18(27)23(35-2)30-11-14/h3-4,9-11,13H,5-8H2,1-2H3,(H,33,34). The van der Waals surface area contributed by atoms with Gasteiger partial charge in [0.15, 0.2) is 5.82 Å². The molecule has 1 saturated carbocycles. The van der Waals surface area contributed by atoms with Gasteiger partial charge in [-0.25, -0.2) is 36.9 Å². The van der Waals surface area contributed by atoms with E-state index in [9.17, 15) is 26.7 Å². The summed E-state index contributed by atoms with van der Waals surface area (Å²) < 4.78 is 75.2. The third-order valence-corrected chi connectivity index (χ3v) is 5.84. The molecule has 1 aliphatic rings. The van der Waals surface area contributed by atoms with Gasteiger partial charge in [-0.2, -0.15) is 0 Å². The normalized spacial score (nSPS) is 15.6. The van der Waals surface area contributed by atoms with Gasteiger partial charge in [-0.15, -0.1) is 0 Å². The van der Waals surface area contributed by atoms with Crippen molar-refractivity contribution in [3.63, 3.8) is 0 Å². The molecule has 0 bridgehead atoms. The minimum Gasteiger partial charge on any atom is -0.479 e. The zero-order valence-electron chi connectivity index (χ0n) is 18.8. The molecule has 1 amide bonds. The zero-order valence-corrected chi connectivity index (χ0v) is 18.8. The van der Waals surface area contributed by atoms with E-state index in [2.05, 4.69) is 20.3 Å². The van der Waals surface area contributed by atoms with Crippen molar-refractivity contribution in [2.75, 3.05) is 12.4 Å². The van der Waals surface area contributed by atoms with Crippen LogP contribution in [-0.2, 0) is 0 Å². The number of hydrogen-bond donors (Lipinski definition) is 1. The van der Waals surface area contributed by atoms with Gasteiger partial charge in [0.2, 0.25) is 11.8 Å². The van der Waals surface area contributed by atoms with Gasteiger partial charge < -0.3 is 10.1 Å². The molecule has 1 N–H and O–H groups in total. The maximum absolute atomic E-state index is 14.7. The summed E-state index contributed by atoms with van der Waals surface area (Å²) in [6, 6.07) is 3.66. The zero-order chi connectivity index (χ0) is 25.3. The maximum Gasteiger partial charge on any atom is 0.257 e. The number of benzene rings is 1. The fourth-order valence-electron chi connectivity index (χ4n) is 4.09. The average molecular weight is 492 g/mol. The van der Waals surface area contributed by atoms with Gasteiger partial charge >= 0.3 is 0 Å². The van der Waals surface area contributed by atoms with E-state index in [-0.39, 0.29) is 65.6 Å². The van der Waals surface area contributed by atoms with Gasteiger partial charge in [0.25, 0.3) is 5.91 Å². The first kappa shape index (κ1) is 24.5. The Morgan fingerprint density at radius 1 is 1.09 bits per heavy atom. The number of aryl methyl sites for hydroxylation is 1. The van der Waals surface area contributed by atoms with Crippen LogP contribution in [0.25, 0.3) is 11.3 Å². The molecule has 0 aliphatic heterocycles. The summed E-state index contributed by atoms with van der Waals surface area (Å²) in [7, 11) is 1.22. The van der Waals surface area contributed by atoms with E-state index in [0.717, 1.165) is 30.5 Å². The quantitative estimate of drug-likeness (QED) is 0.455. The van der Waals surface area contributed by atoms with Crippen molar-refractivity contribution in [3.8, 4) is 17.1 Å². The van der Waals surface area contributed by atoms with Gasteiger partial charge in [0.1, 0.15) is 23.2 Å². The van der Waals surface area contributed by atoms with Gasteiger partial charge in [0.05, 0.1) is 24.1 Å². The van der Waals surface area contributed by atoms with Crippen LogP contribution in [0.4, 0.5) is 27.6 Å². The van der Waals surface area contributed by atoms with Crippen LogP contribution in [-0.4, -0.2) is 33.9 Å². The highest BCUT2D eigenvalue weighted by molar-refractivity contribution is 6.06. The van der Waals surface area contributed by atoms with Gasteiger partial charge in [-0.3, -0.25) is 4.79 Å². The Morgan fingerprint density at radius 2 is 1.80 bits per heavy atom. The lowest BCUT2D eigenvalue weighted by Crippen LogP contribution is -2.26. The maximum atomic E-state index is 14.7. The molecule has 0 radical (unpaired) electrons. The smallest absolute Gasteiger partial charge is 0.257 e. The molecule has 6 nitrogen and oxygen atoms in total. The van der Waals surface area contributed by atoms with E-state index < -0.39 is 35.2 Å². The van der Waals surface area contributed by atoms with Crippen molar-refractivity contribution < 1.29 is 31.5 Å². The van der Waals surface area contributed by atoms with Crippen LogP contribution in [0.3, 0.4) is 0 Å². The minimum absolute atomic E-state index is 0.0588. The first-order chi connectivity index (χ1) is 16.6. The molecular formula is C24H21F5N4O2. The molecular weight excluding hydrogens is 471 g/mol. The molecule has 0 saturated heterocycles. The topological polar surface area (TPSA) is 77.0 Å². The van der Waals surface area contributed by atoms with E-state index in [0.29, 0.717) is 0 Å². The van der Waals surface area contributed by atoms with Crippen LogP contribution in [0, 0.1) is 24.4 Å². The fourth-order valence-corrected chi connectivity index (χ4v) is 4.09. The Kier molecular flexibility index (Phi) is 6.68. The average Bonchev–Trinajstić information content (AvgIpc) is 2.81. The first-order valence-corrected chi connectivity index (χ1v) is 10.8. The second-order valence-electron chi connectivity index (χ2n) is 8.30. The van der Waals surface area contributed by atoms with Gasteiger partial charge in [-0.05, 0) is 44.0 Å². The second-order valence-corrected chi connectivity index (χ2v) is 8.30. The number of anilines is 1. The summed E-state index contributed by atoms with van der Waals surface area (Å²) in [5, 5.41) is 2.56. The number of nitrogens with zero attached hydrogens (tertiary/aromatic N) is 3. The van der Waals surface area contributed by atoms with Crippen LogP contribution in [0.15, 0.2) is 30.5 Å². The molecule has 11 heteroatoms. The lowest BCUT2D eigenvalue weighted by atomic mass is 9.83. The molecule has 2 aromatic heterocycles. The molecule has 0 atom stereocenters. The Morgan fingerprint density at radius 3 is 2.46 bits per heavy atom. The number of aromatic nitrogens is 3. The lowest BCUT2D eigenvalue weighted by molar-refractivity contribution is -0.0384. The van der Waals surface area contributed by atoms with Crippen molar-refractivity contribution in [3.05, 3.63) is 65.0 Å². The van der Waals surface area contributed by atoms with E-state index >= 15 is 0 Å². The Hall–Kier alpha value is -3.63. The summed E-state index contributed by atoms with van der Waals surface area (Å²) in [6.45, 7) is 1.52. The number of alkyl halides is 2. The number of nitrogens with one attached hydrogen (secondary N) is 1. The molecule has 35 heavy (non-hydrogen) atoms. The van der Waals surface area contributed by atoms with Gasteiger partial charge in [0, 0.05) is 30.5 Å². The molecule has 0 unspecified atom stereocenters. The molecule has 2 heterocycles. The monoisotopic (exact) mass is 492 g/mol. The number of hydrogen-bond acceptors (Lipinski definition) is 5. The fraction of sp³-hybridized carbons (Fsp3) is 0.333. The third-order valence-electron chi connectivity index (χ3n) is 5.84. The van der Waals surface area contributed by atoms with Crippen molar-refractivity contribution in [1.29, 1.82) is 0 Å². The van der Waals surface area contributed by atoms with Crippen molar-refractivity contribution in [2.45, 2.75) is 44.4 Å². The minimum atomic E-state index is -2.81. The van der Waals surface area contributed by atoms with Crippen LogP contribution in [0.2, 0.25) is 0 Å². The summed E-state index contributed by atoms with van der Waals surface area (Å²) in [5.41, 5.74) is -0.376. The second kappa shape index (κ2) is 9.55.